The predicted molar refractivity (Wildman–Crippen MR) is 73.5 cm³/mol. The maximum Gasteiger partial charge on any atom is 0.410 e. The summed E-state index contributed by atoms with van der Waals surface area (Å²) in [5.41, 5.74) is 0.141. The Hall–Kier alpha value is -1.23. The van der Waals surface area contributed by atoms with E-state index in [4.69, 9.17) is 4.74 Å². The Balaban J connectivity index is 2.73. The van der Waals surface area contributed by atoms with E-state index >= 15 is 0 Å². The van der Waals surface area contributed by atoms with Crippen molar-refractivity contribution in [2.24, 2.45) is 0 Å². The molecule has 0 atom stereocenters. The van der Waals surface area contributed by atoms with Gasteiger partial charge in [0, 0.05) is 12.6 Å². The molecule has 0 spiro atoms. The Kier molecular flexibility index (Phi) is 4.62. The van der Waals surface area contributed by atoms with Crippen LogP contribution in [0.2, 0.25) is 0 Å². The molecule has 1 rings (SSSR count). The standard InChI is InChI=1S/C13H18BrNO3/c1-13(2,3)18-12(17)15(4)8-9-6-5-7-10(14)11(9)16/h5-7,16H,8H2,1-4H3. The highest BCUT2D eigenvalue weighted by Gasteiger charge is 2.20. The summed E-state index contributed by atoms with van der Waals surface area (Å²) < 4.78 is 5.84. The Morgan fingerprint density at radius 1 is 1.44 bits per heavy atom. The molecule has 0 aliphatic heterocycles. The first-order valence-electron chi connectivity index (χ1n) is 5.61. The van der Waals surface area contributed by atoms with Crippen LogP contribution in [0, 0.1) is 0 Å². The first kappa shape index (κ1) is 14.8. The van der Waals surface area contributed by atoms with Crippen LogP contribution in [0.5, 0.6) is 5.75 Å². The maximum atomic E-state index is 11.8. The molecule has 0 unspecified atom stereocenters. The van der Waals surface area contributed by atoms with Crippen LogP contribution in [-0.2, 0) is 11.3 Å². The number of hydrogen-bond donors (Lipinski definition) is 1. The molecule has 18 heavy (non-hydrogen) atoms. The van der Waals surface area contributed by atoms with Crippen molar-refractivity contribution >= 4 is 22.0 Å². The number of amides is 1. The molecule has 0 aliphatic rings. The van der Waals surface area contributed by atoms with Gasteiger partial charge < -0.3 is 14.7 Å². The summed E-state index contributed by atoms with van der Waals surface area (Å²) in [6.45, 7) is 5.74. The maximum absolute atomic E-state index is 11.8. The van der Waals surface area contributed by atoms with Crippen LogP contribution < -0.4 is 0 Å². The van der Waals surface area contributed by atoms with E-state index < -0.39 is 11.7 Å². The third-order valence-corrected chi connectivity index (χ3v) is 2.82. The van der Waals surface area contributed by atoms with Gasteiger partial charge in [-0.05, 0) is 42.8 Å². The SMILES string of the molecule is CN(Cc1cccc(Br)c1O)C(=O)OC(C)(C)C. The average Bonchev–Trinajstić information content (AvgIpc) is 2.22. The number of aromatic hydroxyl groups is 1. The lowest BCUT2D eigenvalue weighted by molar-refractivity contribution is 0.0284. The van der Waals surface area contributed by atoms with Crippen LogP contribution >= 0.6 is 15.9 Å². The topological polar surface area (TPSA) is 49.8 Å². The van der Waals surface area contributed by atoms with E-state index in [1.165, 1.54) is 4.90 Å². The van der Waals surface area contributed by atoms with E-state index in [0.29, 0.717) is 16.6 Å². The summed E-state index contributed by atoms with van der Waals surface area (Å²) in [6, 6.07) is 5.31. The summed E-state index contributed by atoms with van der Waals surface area (Å²) in [5.74, 6) is 0.146. The highest BCUT2D eigenvalue weighted by atomic mass is 79.9. The van der Waals surface area contributed by atoms with Gasteiger partial charge in [0.15, 0.2) is 0 Å². The summed E-state index contributed by atoms with van der Waals surface area (Å²) in [7, 11) is 1.63. The van der Waals surface area contributed by atoms with E-state index in [2.05, 4.69) is 15.9 Å². The van der Waals surface area contributed by atoms with Gasteiger partial charge in [0.1, 0.15) is 11.4 Å². The zero-order valence-corrected chi connectivity index (χ0v) is 12.6. The molecular formula is C13H18BrNO3. The van der Waals surface area contributed by atoms with E-state index in [1.807, 2.05) is 26.8 Å². The Morgan fingerprint density at radius 3 is 2.61 bits per heavy atom. The first-order valence-corrected chi connectivity index (χ1v) is 6.40. The van der Waals surface area contributed by atoms with Crippen molar-refractivity contribution in [1.82, 2.24) is 4.90 Å². The second-order valence-corrected chi connectivity index (χ2v) is 5.94. The lowest BCUT2D eigenvalue weighted by atomic mass is 10.2. The molecule has 1 N–H and O–H groups in total. The quantitative estimate of drug-likeness (QED) is 0.908. The number of ether oxygens (including phenoxy) is 1. The van der Waals surface area contributed by atoms with Gasteiger partial charge in [-0.1, -0.05) is 12.1 Å². The number of hydrogen-bond acceptors (Lipinski definition) is 3. The smallest absolute Gasteiger partial charge is 0.410 e. The van der Waals surface area contributed by atoms with E-state index in [9.17, 15) is 9.90 Å². The Labute approximate surface area is 116 Å². The fourth-order valence-corrected chi connectivity index (χ4v) is 1.75. The Morgan fingerprint density at radius 2 is 2.06 bits per heavy atom. The van der Waals surface area contributed by atoms with Crippen molar-refractivity contribution in [1.29, 1.82) is 0 Å². The highest BCUT2D eigenvalue weighted by Crippen LogP contribution is 2.28. The van der Waals surface area contributed by atoms with Crippen LogP contribution in [-0.4, -0.2) is 28.7 Å². The average molecular weight is 316 g/mol. The molecule has 100 valence electrons. The molecule has 0 aliphatic carbocycles. The van der Waals surface area contributed by atoms with Crippen LogP contribution in [0.25, 0.3) is 0 Å². The number of carbonyl (C=O) groups excluding carboxylic acids is 1. The molecule has 0 fully saturated rings. The van der Waals surface area contributed by atoms with Crippen LogP contribution in [0.15, 0.2) is 22.7 Å². The number of halogens is 1. The summed E-state index contributed by atoms with van der Waals surface area (Å²) in [4.78, 5) is 13.2. The summed E-state index contributed by atoms with van der Waals surface area (Å²) >= 11 is 3.24. The minimum absolute atomic E-state index is 0.146. The number of phenols is 1. The van der Waals surface area contributed by atoms with Gasteiger partial charge in [0.25, 0.3) is 0 Å². The van der Waals surface area contributed by atoms with E-state index in [0.717, 1.165) is 0 Å². The van der Waals surface area contributed by atoms with Gasteiger partial charge in [-0.2, -0.15) is 0 Å². The molecule has 0 radical (unpaired) electrons. The van der Waals surface area contributed by atoms with Crippen molar-refractivity contribution in [2.45, 2.75) is 32.9 Å². The molecule has 0 bridgehead atoms. The number of nitrogens with zero attached hydrogens (tertiary/aromatic N) is 1. The van der Waals surface area contributed by atoms with Crippen molar-refractivity contribution in [3.8, 4) is 5.75 Å². The third-order valence-electron chi connectivity index (χ3n) is 2.18. The van der Waals surface area contributed by atoms with E-state index in [1.54, 1.807) is 19.2 Å². The fraction of sp³-hybridized carbons (Fsp3) is 0.462. The minimum atomic E-state index is -0.523. The number of carbonyl (C=O) groups is 1. The number of benzene rings is 1. The zero-order valence-electron chi connectivity index (χ0n) is 11.0. The normalized spacial score (nSPS) is 11.2. The minimum Gasteiger partial charge on any atom is -0.506 e. The van der Waals surface area contributed by atoms with Crippen LogP contribution in [0.4, 0.5) is 4.79 Å². The molecule has 0 aromatic heterocycles. The molecular weight excluding hydrogens is 298 g/mol. The van der Waals surface area contributed by atoms with Crippen molar-refractivity contribution in [3.63, 3.8) is 0 Å². The molecule has 0 heterocycles. The predicted octanol–water partition coefficient (Wildman–Crippen LogP) is 3.52. The molecule has 0 saturated heterocycles. The summed E-state index contributed by atoms with van der Waals surface area (Å²) in [5, 5.41) is 9.84. The third kappa shape index (κ3) is 4.22. The lowest BCUT2D eigenvalue weighted by Crippen LogP contribution is -2.33. The first-order chi connectivity index (χ1) is 8.20. The van der Waals surface area contributed by atoms with Crippen LogP contribution in [0.1, 0.15) is 26.3 Å². The lowest BCUT2D eigenvalue weighted by Gasteiger charge is -2.24. The Bertz CT molecular complexity index is 440. The van der Waals surface area contributed by atoms with Gasteiger partial charge in [-0.15, -0.1) is 0 Å². The summed E-state index contributed by atoms with van der Waals surface area (Å²) in [6.07, 6.45) is -0.415. The fourth-order valence-electron chi connectivity index (χ4n) is 1.35. The zero-order chi connectivity index (χ0) is 13.9. The number of para-hydroxylation sites is 1. The van der Waals surface area contributed by atoms with Gasteiger partial charge in [0.05, 0.1) is 11.0 Å². The van der Waals surface area contributed by atoms with Crippen molar-refractivity contribution in [3.05, 3.63) is 28.2 Å². The molecule has 0 saturated carbocycles. The van der Waals surface area contributed by atoms with Crippen molar-refractivity contribution < 1.29 is 14.6 Å². The van der Waals surface area contributed by atoms with Gasteiger partial charge in [-0.3, -0.25) is 0 Å². The van der Waals surface area contributed by atoms with Gasteiger partial charge in [-0.25, -0.2) is 4.79 Å². The number of phenolic OH excluding ortho intramolecular Hbond substituents is 1. The molecule has 5 heteroatoms. The highest BCUT2D eigenvalue weighted by molar-refractivity contribution is 9.10. The van der Waals surface area contributed by atoms with Crippen molar-refractivity contribution in [2.75, 3.05) is 7.05 Å². The van der Waals surface area contributed by atoms with E-state index in [-0.39, 0.29) is 5.75 Å². The molecule has 1 amide bonds. The largest absolute Gasteiger partial charge is 0.506 e. The molecule has 1 aromatic carbocycles. The second kappa shape index (κ2) is 5.61. The molecule has 1 aromatic rings. The second-order valence-electron chi connectivity index (χ2n) is 5.08. The molecule has 4 nitrogen and oxygen atoms in total. The monoisotopic (exact) mass is 315 g/mol. The number of rotatable bonds is 2. The van der Waals surface area contributed by atoms with Gasteiger partial charge >= 0.3 is 6.09 Å². The van der Waals surface area contributed by atoms with Gasteiger partial charge in [0.2, 0.25) is 0 Å². The van der Waals surface area contributed by atoms with Crippen LogP contribution in [0.3, 0.4) is 0 Å².